The summed E-state index contributed by atoms with van der Waals surface area (Å²) in [5, 5.41) is 4.99. The van der Waals surface area contributed by atoms with Gasteiger partial charge in [0.15, 0.2) is 11.5 Å². The molecule has 1 N–H and O–H groups in total. The van der Waals surface area contributed by atoms with E-state index in [9.17, 15) is 9.59 Å². The van der Waals surface area contributed by atoms with Crippen LogP contribution in [0.5, 0.6) is 11.5 Å². The number of fused-ring (bicyclic) bond motifs is 2. The molecule has 0 fully saturated rings. The Morgan fingerprint density at radius 1 is 0.706 bits per heavy atom. The molecule has 4 aromatic rings. The molecule has 6 nitrogen and oxygen atoms in total. The molecule has 2 aliphatic rings. The summed E-state index contributed by atoms with van der Waals surface area (Å²) in [5.74, 6) is 0.476. The van der Waals surface area contributed by atoms with Gasteiger partial charge in [0, 0.05) is 17.1 Å². The second-order valence-electron chi connectivity index (χ2n) is 8.04. The highest BCUT2D eigenvalue weighted by molar-refractivity contribution is 6.47. The Balaban J connectivity index is 1.46. The number of carbonyl (C=O) groups excluding carboxylic acids is 2. The zero-order chi connectivity index (χ0) is 23.1. The first-order valence-corrected chi connectivity index (χ1v) is 11.0. The van der Waals surface area contributed by atoms with Crippen molar-refractivity contribution in [3.63, 3.8) is 0 Å². The molecule has 2 aliphatic heterocycles. The Bertz CT molecular complexity index is 1470. The van der Waals surface area contributed by atoms with Crippen LogP contribution in [0.15, 0.2) is 96.7 Å². The van der Waals surface area contributed by atoms with E-state index in [1.807, 2.05) is 72.8 Å². The second-order valence-corrected chi connectivity index (χ2v) is 8.04. The summed E-state index contributed by atoms with van der Waals surface area (Å²) in [6, 6.07) is 27.9. The zero-order valence-electron chi connectivity index (χ0n) is 18.2. The van der Waals surface area contributed by atoms with Gasteiger partial charge in [-0.15, -0.1) is 0 Å². The first-order chi connectivity index (χ1) is 16.7. The molecule has 0 radical (unpaired) electrons. The Hall–Kier alpha value is -4.58. The summed E-state index contributed by atoms with van der Waals surface area (Å²) in [7, 11) is 0. The maximum absolute atomic E-state index is 13.8. The van der Waals surface area contributed by atoms with Crippen LogP contribution < -0.4 is 19.7 Å². The molecule has 6 rings (SSSR count). The molecule has 0 aromatic heterocycles. The Morgan fingerprint density at radius 3 is 2.29 bits per heavy atom. The molecule has 166 valence electrons. The third kappa shape index (κ3) is 3.28. The van der Waals surface area contributed by atoms with E-state index in [0.717, 1.165) is 10.8 Å². The molecule has 34 heavy (non-hydrogen) atoms. The number of hydrogen-bond donors (Lipinski definition) is 1. The lowest BCUT2D eigenvalue weighted by Gasteiger charge is -2.20. The highest BCUT2D eigenvalue weighted by Crippen LogP contribution is 2.38. The standard InChI is InChI=1S/C28H20N2O4/c31-27-25(19-8-2-1-3-9-19)26(29-20-13-14-23-24(17-20)34-16-15-33-23)28(32)30(27)22-12-6-10-18-7-4-5-11-21(18)22/h1-14,17,29H,15-16H2. The van der Waals surface area contributed by atoms with Gasteiger partial charge in [0.05, 0.1) is 11.3 Å². The summed E-state index contributed by atoms with van der Waals surface area (Å²) < 4.78 is 11.3. The van der Waals surface area contributed by atoms with Crippen LogP contribution in [0.3, 0.4) is 0 Å². The lowest BCUT2D eigenvalue weighted by atomic mass is 10.0. The molecular weight excluding hydrogens is 428 g/mol. The third-order valence-corrected chi connectivity index (χ3v) is 5.97. The number of carbonyl (C=O) groups is 2. The van der Waals surface area contributed by atoms with E-state index in [2.05, 4.69) is 5.32 Å². The number of nitrogens with zero attached hydrogens (tertiary/aromatic N) is 1. The van der Waals surface area contributed by atoms with Crippen LogP contribution in [0, 0.1) is 0 Å². The van der Waals surface area contributed by atoms with Crippen LogP contribution in [0.25, 0.3) is 16.3 Å². The molecule has 0 spiro atoms. The molecule has 0 aliphatic carbocycles. The highest BCUT2D eigenvalue weighted by Gasteiger charge is 2.40. The van der Waals surface area contributed by atoms with E-state index in [1.54, 1.807) is 18.2 Å². The number of imide groups is 1. The number of ether oxygens (including phenoxy) is 2. The maximum atomic E-state index is 13.8. The summed E-state index contributed by atoms with van der Waals surface area (Å²) in [6.07, 6.45) is 0. The SMILES string of the molecule is O=C1C(Nc2ccc3c(c2)OCCO3)=C(c2ccccc2)C(=O)N1c1cccc2ccccc12. The first kappa shape index (κ1) is 20.1. The van der Waals surface area contributed by atoms with Gasteiger partial charge in [-0.3, -0.25) is 9.59 Å². The predicted molar refractivity (Wildman–Crippen MR) is 131 cm³/mol. The number of amides is 2. The van der Waals surface area contributed by atoms with Gasteiger partial charge in [-0.05, 0) is 29.1 Å². The van der Waals surface area contributed by atoms with E-state index in [4.69, 9.17) is 9.47 Å². The lowest BCUT2D eigenvalue weighted by molar-refractivity contribution is -0.120. The van der Waals surface area contributed by atoms with Crippen molar-refractivity contribution in [2.75, 3.05) is 23.4 Å². The Labute approximate surface area is 196 Å². The molecule has 0 unspecified atom stereocenters. The molecule has 4 aromatic carbocycles. The average Bonchev–Trinajstić information content (AvgIpc) is 3.13. The molecule has 0 saturated heterocycles. The minimum atomic E-state index is -0.407. The van der Waals surface area contributed by atoms with Crippen LogP contribution in [-0.2, 0) is 9.59 Å². The van der Waals surface area contributed by atoms with E-state index < -0.39 is 5.91 Å². The number of anilines is 2. The summed E-state index contributed by atoms with van der Waals surface area (Å²) in [4.78, 5) is 28.8. The topological polar surface area (TPSA) is 67.9 Å². The molecular formula is C28H20N2O4. The van der Waals surface area contributed by atoms with Crippen LogP contribution in [0.2, 0.25) is 0 Å². The van der Waals surface area contributed by atoms with Gasteiger partial charge in [0.1, 0.15) is 18.9 Å². The van der Waals surface area contributed by atoms with Crippen molar-refractivity contribution in [3.05, 3.63) is 102 Å². The fraction of sp³-hybridized carbons (Fsp3) is 0.0714. The Morgan fingerprint density at radius 2 is 1.44 bits per heavy atom. The monoisotopic (exact) mass is 448 g/mol. The van der Waals surface area contributed by atoms with Crippen molar-refractivity contribution in [1.82, 2.24) is 0 Å². The van der Waals surface area contributed by atoms with Crippen LogP contribution >= 0.6 is 0 Å². The van der Waals surface area contributed by atoms with Gasteiger partial charge in [0.25, 0.3) is 11.8 Å². The third-order valence-electron chi connectivity index (χ3n) is 5.97. The van der Waals surface area contributed by atoms with Gasteiger partial charge < -0.3 is 14.8 Å². The van der Waals surface area contributed by atoms with Crippen LogP contribution in [0.1, 0.15) is 5.56 Å². The Kier molecular flexibility index (Phi) is 4.77. The van der Waals surface area contributed by atoms with Crippen LogP contribution in [-0.4, -0.2) is 25.0 Å². The van der Waals surface area contributed by atoms with Crippen molar-refractivity contribution < 1.29 is 19.1 Å². The highest BCUT2D eigenvalue weighted by atomic mass is 16.6. The fourth-order valence-electron chi connectivity index (χ4n) is 4.41. The van der Waals surface area contributed by atoms with Gasteiger partial charge >= 0.3 is 0 Å². The fourth-order valence-corrected chi connectivity index (χ4v) is 4.41. The van der Waals surface area contributed by atoms with E-state index in [1.165, 1.54) is 4.90 Å². The van der Waals surface area contributed by atoms with Crippen molar-refractivity contribution in [3.8, 4) is 11.5 Å². The second kappa shape index (κ2) is 8.08. The van der Waals surface area contributed by atoms with E-state index in [0.29, 0.717) is 47.2 Å². The minimum absolute atomic E-state index is 0.223. The molecule has 6 heteroatoms. The van der Waals surface area contributed by atoms with Crippen molar-refractivity contribution in [1.29, 1.82) is 0 Å². The summed E-state index contributed by atoms with van der Waals surface area (Å²) >= 11 is 0. The van der Waals surface area contributed by atoms with Crippen molar-refractivity contribution >= 4 is 39.5 Å². The number of hydrogen-bond acceptors (Lipinski definition) is 5. The van der Waals surface area contributed by atoms with Crippen molar-refractivity contribution in [2.45, 2.75) is 0 Å². The molecule has 2 heterocycles. The summed E-state index contributed by atoms with van der Waals surface area (Å²) in [5.41, 5.74) is 2.41. The van der Waals surface area contributed by atoms with Gasteiger partial charge in [-0.2, -0.15) is 0 Å². The average molecular weight is 448 g/mol. The number of rotatable bonds is 4. The lowest BCUT2D eigenvalue weighted by Crippen LogP contribution is -2.32. The maximum Gasteiger partial charge on any atom is 0.282 e. The predicted octanol–water partition coefficient (Wildman–Crippen LogP) is 5.01. The molecule has 0 bridgehead atoms. The van der Waals surface area contributed by atoms with Gasteiger partial charge in [-0.25, -0.2) is 4.90 Å². The smallest absolute Gasteiger partial charge is 0.282 e. The molecule has 0 atom stereocenters. The number of nitrogens with one attached hydrogen (secondary N) is 1. The summed E-state index contributed by atoms with van der Waals surface area (Å²) in [6.45, 7) is 0.955. The van der Waals surface area contributed by atoms with E-state index >= 15 is 0 Å². The van der Waals surface area contributed by atoms with E-state index in [-0.39, 0.29) is 11.6 Å². The van der Waals surface area contributed by atoms with Gasteiger partial charge in [-0.1, -0.05) is 66.7 Å². The molecule has 0 saturated carbocycles. The van der Waals surface area contributed by atoms with Crippen LogP contribution in [0.4, 0.5) is 11.4 Å². The first-order valence-electron chi connectivity index (χ1n) is 11.0. The largest absolute Gasteiger partial charge is 0.486 e. The zero-order valence-corrected chi connectivity index (χ0v) is 18.2. The van der Waals surface area contributed by atoms with Crippen molar-refractivity contribution in [2.24, 2.45) is 0 Å². The quantitative estimate of drug-likeness (QED) is 0.445. The number of benzene rings is 4. The minimum Gasteiger partial charge on any atom is -0.486 e. The molecule has 2 amide bonds. The van der Waals surface area contributed by atoms with Gasteiger partial charge in [0.2, 0.25) is 0 Å². The normalized spacial score (nSPS) is 15.2.